The number of benzene rings is 2. The molecular formula is C19H21NO4. The Balaban J connectivity index is 1.83. The molecule has 0 aliphatic rings. The number of hydrogen-bond donors (Lipinski definition) is 1. The minimum absolute atomic E-state index is 0.309. The highest BCUT2D eigenvalue weighted by molar-refractivity contribution is 5.92. The van der Waals surface area contributed by atoms with Gasteiger partial charge in [0.15, 0.2) is 6.61 Å². The summed E-state index contributed by atoms with van der Waals surface area (Å²) in [4.78, 5) is 23.8. The topological polar surface area (TPSA) is 64.6 Å². The van der Waals surface area contributed by atoms with Gasteiger partial charge in [-0.15, -0.1) is 0 Å². The molecule has 0 bridgehead atoms. The normalized spacial score (nSPS) is 10.1. The van der Waals surface area contributed by atoms with Crippen LogP contribution in [0.4, 0.5) is 0 Å². The Labute approximate surface area is 141 Å². The Morgan fingerprint density at radius 2 is 1.88 bits per heavy atom. The van der Waals surface area contributed by atoms with Crippen LogP contribution in [0.25, 0.3) is 0 Å². The van der Waals surface area contributed by atoms with Gasteiger partial charge in [0.25, 0.3) is 5.91 Å². The maximum atomic E-state index is 12.0. The molecule has 0 spiro atoms. The molecule has 0 unspecified atom stereocenters. The zero-order valence-electron chi connectivity index (χ0n) is 14.1. The first kappa shape index (κ1) is 17.5. The van der Waals surface area contributed by atoms with E-state index in [1.807, 2.05) is 50.2 Å². The number of rotatable bonds is 6. The summed E-state index contributed by atoms with van der Waals surface area (Å²) in [6, 6.07) is 12.8. The molecule has 2 aromatic rings. The molecule has 0 heterocycles. The van der Waals surface area contributed by atoms with Crippen molar-refractivity contribution in [2.45, 2.75) is 20.4 Å². The fourth-order valence-corrected chi connectivity index (χ4v) is 2.29. The van der Waals surface area contributed by atoms with Crippen molar-refractivity contribution in [2.24, 2.45) is 0 Å². The number of esters is 1. The van der Waals surface area contributed by atoms with Crippen molar-refractivity contribution in [2.75, 3.05) is 13.7 Å². The van der Waals surface area contributed by atoms with Crippen molar-refractivity contribution in [3.8, 4) is 5.75 Å². The highest BCUT2D eigenvalue weighted by Gasteiger charge is 2.12. The molecule has 0 saturated heterocycles. The first-order valence-electron chi connectivity index (χ1n) is 7.63. The van der Waals surface area contributed by atoms with Crippen LogP contribution in [0.3, 0.4) is 0 Å². The Morgan fingerprint density at radius 3 is 2.58 bits per heavy atom. The lowest BCUT2D eigenvalue weighted by Gasteiger charge is -2.09. The molecule has 0 atom stereocenters. The Hall–Kier alpha value is -2.82. The standard InChI is InChI=1S/C19H21NO4/c1-13-7-8-17(14(2)9-13)19(22)24-12-18(21)20-11-15-5-4-6-16(10-15)23-3/h4-10H,11-12H2,1-3H3,(H,20,21). The minimum atomic E-state index is -0.496. The van der Waals surface area contributed by atoms with Gasteiger partial charge in [-0.1, -0.05) is 29.8 Å². The number of carbonyl (C=O) groups is 2. The summed E-state index contributed by atoms with van der Waals surface area (Å²) < 4.78 is 10.2. The lowest BCUT2D eigenvalue weighted by atomic mass is 10.1. The maximum Gasteiger partial charge on any atom is 0.338 e. The first-order chi connectivity index (χ1) is 11.5. The van der Waals surface area contributed by atoms with E-state index in [2.05, 4.69) is 5.32 Å². The van der Waals surface area contributed by atoms with Gasteiger partial charge in [0.1, 0.15) is 5.75 Å². The monoisotopic (exact) mass is 327 g/mol. The van der Waals surface area contributed by atoms with Gasteiger partial charge >= 0.3 is 5.97 Å². The van der Waals surface area contributed by atoms with Crippen molar-refractivity contribution in [1.82, 2.24) is 5.32 Å². The molecule has 5 nitrogen and oxygen atoms in total. The summed E-state index contributed by atoms with van der Waals surface area (Å²) in [5.41, 5.74) is 3.28. The van der Waals surface area contributed by atoms with Crippen LogP contribution in [0.5, 0.6) is 5.75 Å². The van der Waals surface area contributed by atoms with Crippen LogP contribution in [0.1, 0.15) is 27.0 Å². The summed E-state index contributed by atoms with van der Waals surface area (Å²) >= 11 is 0. The maximum absolute atomic E-state index is 12.0. The Kier molecular flexibility index (Phi) is 5.95. The average Bonchev–Trinajstić information content (AvgIpc) is 2.58. The van der Waals surface area contributed by atoms with Crippen molar-refractivity contribution in [1.29, 1.82) is 0 Å². The number of nitrogens with one attached hydrogen (secondary N) is 1. The van der Waals surface area contributed by atoms with Crippen molar-refractivity contribution in [3.63, 3.8) is 0 Å². The third-order valence-electron chi connectivity index (χ3n) is 3.56. The van der Waals surface area contributed by atoms with Gasteiger partial charge in [-0.2, -0.15) is 0 Å². The van der Waals surface area contributed by atoms with Crippen LogP contribution in [0.2, 0.25) is 0 Å². The molecule has 126 valence electrons. The first-order valence-corrected chi connectivity index (χ1v) is 7.63. The third kappa shape index (κ3) is 4.84. The second kappa shape index (κ2) is 8.15. The van der Waals surface area contributed by atoms with Crippen LogP contribution in [0, 0.1) is 13.8 Å². The largest absolute Gasteiger partial charge is 0.497 e. The lowest BCUT2D eigenvalue weighted by molar-refractivity contribution is -0.124. The van der Waals surface area contributed by atoms with Gasteiger partial charge < -0.3 is 14.8 Å². The van der Waals surface area contributed by atoms with E-state index in [0.717, 1.165) is 22.4 Å². The van der Waals surface area contributed by atoms with Crippen LogP contribution in [-0.4, -0.2) is 25.6 Å². The molecule has 0 aliphatic carbocycles. The fourth-order valence-electron chi connectivity index (χ4n) is 2.29. The molecule has 2 rings (SSSR count). The molecule has 0 radical (unpaired) electrons. The minimum Gasteiger partial charge on any atom is -0.497 e. The van der Waals surface area contributed by atoms with Crippen LogP contribution in [-0.2, 0) is 16.1 Å². The zero-order valence-corrected chi connectivity index (χ0v) is 14.1. The van der Waals surface area contributed by atoms with Gasteiger partial charge in [0.2, 0.25) is 0 Å². The highest BCUT2D eigenvalue weighted by atomic mass is 16.5. The summed E-state index contributed by atoms with van der Waals surface area (Å²) in [5, 5.41) is 2.71. The summed E-state index contributed by atoms with van der Waals surface area (Å²) in [6.07, 6.45) is 0. The van der Waals surface area contributed by atoms with E-state index in [-0.39, 0.29) is 12.5 Å². The van der Waals surface area contributed by atoms with Gasteiger partial charge in [0, 0.05) is 6.54 Å². The number of methoxy groups -OCH3 is 1. The third-order valence-corrected chi connectivity index (χ3v) is 3.56. The second-order valence-electron chi connectivity index (χ2n) is 5.52. The lowest BCUT2D eigenvalue weighted by Crippen LogP contribution is -2.28. The van der Waals surface area contributed by atoms with E-state index < -0.39 is 5.97 Å². The number of carbonyl (C=O) groups excluding carboxylic acids is 2. The molecule has 0 fully saturated rings. The van der Waals surface area contributed by atoms with Crippen LogP contribution < -0.4 is 10.1 Å². The fraction of sp³-hybridized carbons (Fsp3) is 0.263. The van der Waals surface area contributed by atoms with E-state index in [1.165, 1.54) is 0 Å². The molecular weight excluding hydrogens is 306 g/mol. The van der Waals surface area contributed by atoms with Crippen molar-refractivity contribution in [3.05, 3.63) is 64.7 Å². The molecule has 0 aliphatic heterocycles. The molecule has 0 saturated carbocycles. The zero-order chi connectivity index (χ0) is 17.5. The predicted molar refractivity (Wildman–Crippen MR) is 91.0 cm³/mol. The summed E-state index contributed by atoms with van der Waals surface area (Å²) in [6.45, 7) is 3.83. The number of aryl methyl sites for hydroxylation is 2. The van der Waals surface area contributed by atoms with E-state index >= 15 is 0 Å². The molecule has 2 aromatic carbocycles. The molecule has 1 amide bonds. The smallest absolute Gasteiger partial charge is 0.338 e. The summed E-state index contributed by atoms with van der Waals surface area (Å²) in [5.74, 6) is -0.122. The SMILES string of the molecule is COc1cccc(CNC(=O)COC(=O)c2ccc(C)cc2C)c1. The van der Waals surface area contributed by atoms with Crippen molar-refractivity contribution >= 4 is 11.9 Å². The second-order valence-corrected chi connectivity index (χ2v) is 5.52. The summed E-state index contributed by atoms with van der Waals surface area (Å²) in [7, 11) is 1.59. The van der Waals surface area contributed by atoms with E-state index in [4.69, 9.17) is 9.47 Å². The number of amides is 1. The van der Waals surface area contributed by atoms with Gasteiger partial charge in [-0.25, -0.2) is 4.79 Å². The quantitative estimate of drug-likeness (QED) is 0.829. The average molecular weight is 327 g/mol. The van der Waals surface area contributed by atoms with E-state index in [9.17, 15) is 9.59 Å². The van der Waals surface area contributed by atoms with Gasteiger partial charge in [0.05, 0.1) is 12.7 Å². The van der Waals surface area contributed by atoms with Crippen LogP contribution >= 0.6 is 0 Å². The van der Waals surface area contributed by atoms with Crippen LogP contribution in [0.15, 0.2) is 42.5 Å². The van der Waals surface area contributed by atoms with E-state index in [0.29, 0.717) is 12.1 Å². The number of hydrogen-bond acceptors (Lipinski definition) is 4. The molecule has 5 heteroatoms. The molecule has 1 N–H and O–H groups in total. The van der Waals surface area contributed by atoms with Gasteiger partial charge in [-0.3, -0.25) is 4.79 Å². The molecule has 0 aromatic heterocycles. The van der Waals surface area contributed by atoms with E-state index in [1.54, 1.807) is 13.2 Å². The van der Waals surface area contributed by atoms with Gasteiger partial charge in [-0.05, 0) is 43.2 Å². The Bertz CT molecular complexity index is 740. The highest BCUT2D eigenvalue weighted by Crippen LogP contribution is 2.13. The number of ether oxygens (including phenoxy) is 2. The molecule has 24 heavy (non-hydrogen) atoms. The van der Waals surface area contributed by atoms with Crippen molar-refractivity contribution < 1.29 is 19.1 Å². The predicted octanol–water partition coefficient (Wildman–Crippen LogP) is 2.79. The Morgan fingerprint density at radius 1 is 1.08 bits per heavy atom.